The Morgan fingerprint density at radius 1 is 1.24 bits per heavy atom. The first-order valence-corrected chi connectivity index (χ1v) is 7.59. The fourth-order valence-electron chi connectivity index (χ4n) is 2.19. The minimum absolute atomic E-state index is 0.0278. The summed E-state index contributed by atoms with van der Waals surface area (Å²) in [4.78, 5) is 14.6. The maximum absolute atomic E-state index is 9.73. The third-order valence-electron chi connectivity index (χ3n) is 3.46. The van der Waals surface area contributed by atoms with Crippen LogP contribution >= 0.6 is 0 Å². The summed E-state index contributed by atoms with van der Waals surface area (Å²) in [6.45, 7) is 2.57. The monoisotopic (exact) mass is 346 g/mol. The van der Waals surface area contributed by atoms with Crippen LogP contribution in [0.4, 0.5) is 11.9 Å². The summed E-state index contributed by atoms with van der Waals surface area (Å²) in [6, 6.07) is 4.37. The highest BCUT2D eigenvalue weighted by Gasteiger charge is 2.16. The summed E-state index contributed by atoms with van der Waals surface area (Å²) in [7, 11) is 1.47. The molecule has 0 saturated carbocycles. The van der Waals surface area contributed by atoms with Gasteiger partial charge in [0.15, 0.2) is 0 Å². The fraction of sp³-hybridized carbons (Fsp3) is 0.333. The van der Waals surface area contributed by atoms with E-state index in [1.807, 2.05) is 4.90 Å². The number of methoxy groups -OCH3 is 1. The first kappa shape index (κ1) is 16.7. The van der Waals surface area contributed by atoms with E-state index in [4.69, 9.17) is 9.47 Å². The average molecular weight is 346 g/mol. The normalized spacial score (nSPS) is 14.7. The van der Waals surface area contributed by atoms with Crippen molar-refractivity contribution in [3.63, 3.8) is 0 Å². The van der Waals surface area contributed by atoms with Gasteiger partial charge in [-0.1, -0.05) is 0 Å². The van der Waals surface area contributed by atoms with Crippen LogP contribution in [-0.2, 0) is 4.74 Å². The largest absolute Gasteiger partial charge is 0.508 e. The van der Waals surface area contributed by atoms with E-state index in [1.165, 1.54) is 31.5 Å². The number of benzene rings is 1. The first-order chi connectivity index (χ1) is 12.2. The first-order valence-electron chi connectivity index (χ1n) is 7.59. The Morgan fingerprint density at radius 3 is 2.76 bits per heavy atom. The molecule has 25 heavy (non-hydrogen) atoms. The number of phenols is 2. The van der Waals surface area contributed by atoms with Crippen LogP contribution in [0.25, 0.3) is 0 Å². The van der Waals surface area contributed by atoms with E-state index in [-0.39, 0.29) is 23.5 Å². The smallest absolute Gasteiger partial charge is 0.322 e. The number of nitrogens with zero attached hydrogens (tertiary/aromatic N) is 5. The van der Waals surface area contributed by atoms with E-state index in [1.54, 1.807) is 0 Å². The van der Waals surface area contributed by atoms with Crippen molar-refractivity contribution in [3.05, 3.63) is 23.8 Å². The van der Waals surface area contributed by atoms with Gasteiger partial charge in [-0.05, 0) is 12.1 Å². The zero-order valence-electron chi connectivity index (χ0n) is 13.6. The van der Waals surface area contributed by atoms with Crippen LogP contribution in [0.2, 0.25) is 0 Å². The molecule has 1 aromatic carbocycles. The second kappa shape index (κ2) is 7.62. The maximum Gasteiger partial charge on any atom is 0.322 e. The van der Waals surface area contributed by atoms with Gasteiger partial charge in [0.2, 0.25) is 5.95 Å². The van der Waals surface area contributed by atoms with Gasteiger partial charge in [-0.2, -0.15) is 20.1 Å². The van der Waals surface area contributed by atoms with E-state index >= 15 is 0 Å². The highest BCUT2D eigenvalue weighted by molar-refractivity contribution is 5.84. The molecule has 0 atom stereocenters. The molecule has 10 nitrogen and oxygen atoms in total. The lowest BCUT2D eigenvalue weighted by atomic mass is 10.2. The number of anilines is 2. The number of ether oxygens (including phenoxy) is 2. The van der Waals surface area contributed by atoms with Gasteiger partial charge in [-0.25, -0.2) is 5.43 Å². The Kier molecular flexibility index (Phi) is 5.09. The molecule has 0 bridgehead atoms. The molecule has 1 aromatic heterocycles. The molecule has 0 unspecified atom stereocenters. The summed E-state index contributed by atoms with van der Waals surface area (Å²) in [5.41, 5.74) is 3.12. The molecule has 0 aliphatic carbocycles. The summed E-state index contributed by atoms with van der Waals surface area (Å²) >= 11 is 0. The maximum atomic E-state index is 9.73. The number of phenolic OH excluding ortho intramolecular Hbond substituents is 2. The number of nitrogens with one attached hydrogen (secondary N) is 1. The van der Waals surface area contributed by atoms with E-state index in [9.17, 15) is 10.2 Å². The van der Waals surface area contributed by atoms with Crippen LogP contribution in [0, 0.1) is 0 Å². The summed E-state index contributed by atoms with van der Waals surface area (Å²) in [5.74, 6) is 0.566. The van der Waals surface area contributed by atoms with Crippen LogP contribution < -0.4 is 15.1 Å². The Balaban J connectivity index is 1.75. The molecule has 0 amide bonds. The highest BCUT2D eigenvalue weighted by Crippen LogP contribution is 2.21. The van der Waals surface area contributed by atoms with Crippen molar-refractivity contribution in [2.75, 3.05) is 43.7 Å². The lowest BCUT2D eigenvalue weighted by molar-refractivity contribution is 0.122. The van der Waals surface area contributed by atoms with Crippen molar-refractivity contribution in [2.24, 2.45) is 5.10 Å². The lowest BCUT2D eigenvalue weighted by Crippen LogP contribution is -2.37. The van der Waals surface area contributed by atoms with E-state index in [0.717, 1.165) is 0 Å². The quantitative estimate of drug-likeness (QED) is 0.526. The van der Waals surface area contributed by atoms with Gasteiger partial charge in [0.1, 0.15) is 11.5 Å². The minimum atomic E-state index is -0.0900. The Hall–Kier alpha value is -3.14. The molecule has 2 heterocycles. The SMILES string of the molecule is COc1nc(N/N=C\c2ccc(O)cc2O)nc(N2CCOCC2)n1. The topological polar surface area (TPSA) is 125 Å². The molecule has 0 radical (unpaired) electrons. The van der Waals surface area contributed by atoms with Gasteiger partial charge in [0.25, 0.3) is 5.95 Å². The van der Waals surface area contributed by atoms with Gasteiger partial charge in [-0.3, -0.25) is 0 Å². The Labute approximate surface area is 143 Å². The summed E-state index contributed by atoms with van der Waals surface area (Å²) < 4.78 is 10.4. The van der Waals surface area contributed by atoms with Crippen molar-refractivity contribution in [1.29, 1.82) is 0 Å². The van der Waals surface area contributed by atoms with Crippen LogP contribution in [0.5, 0.6) is 17.5 Å². The molecule has 3 rings (SSSR count). The van der Waals surface area contributed by atoms with Crippen LogP contribution in [0.1, 0.15) is 5.56 Å². The molecule has 2 aromatic rings. The van der Waals surface area contributed by atoms with Crippen molar-refractivity contribution in [1.82, 2.24) is 15.0 Å². The van der Waals surface area contributed by atoms with Crippen LogP contribution in [-0.4, -0.2) is 64.8 Å². The standard InChI is InChI=1S/C15H18N6O4/c1-24-15-18-13(17-14(19-15)21-4-6-25-7-5-21)20-16-9-10-2-3-11(22)8-12(10)23/h2-3,8-9,22-23H,4-7H2,1H3,(H,17,18,19,20)/b16-9-. The predicted octanol–water partition coefficient (Wildman–Crippen LogP) is 0.574. The van der Waals surface area contributed by atoms with E-state index in [2.05, 4.69) is 25.5 Å². The number of morpholine rings is 1. The zero-order valence-corrected chi connectivity index (χ0v) is 13.6. The van der Waals surface area contributed by atoms with E-state index < -0.39 is 0 Å². The van der Waals surface area contributed by atoms with Crippen molar-refractivity contribution in [3.8, 4) is 17.5 Å². The molecular formula is C15H18N6O4. The molecule has 1 aliphatic rings. The molecule has 1 fully saturated rings. The summed E-state index contributed by atoms with van der Waals surface area (Å²) in [6.07, 6.45) is 1.39. The third kappa shape index (κ3) is 4.23. The number of hydrogen-bond donors (Lipinski definition) is 3. The number of aromatic hydroxyl groups is 2. The highest BCUT2D eigenvalue weighted by atomic mass is 16.5. The molecule has 3 N–H and O–H groups in total. The van der Waals surface area contributed by atoms with Gasteiger partial charge >= 0.3 is 6.01 Å². The molecule has 0 spiro atoms. The molecule has 10 heteroatoms. The van der Waals surface area contributed by atoms with Crippen LogP contribution in [0.3, 0.4) is 0 Å². The molecule has 132 valence electrons. The lowest BCUT2D eigenvalue weighted by Gasteiger charge is -2.26. The number of hydrazone groups is 1. The Bertz CT molecular complexity index is 764. The van der Waals surface area contributed by atoms with E-state index in [0.29, 0.717) is 37.8 Å². The van der Waals surface area contributed by atoms with Crippen molar-refractivity contribution >= 4 is 18.1 Å². The second-order valence-electron chi connectivity index (χ2n) is 5.16. The van der Waals surface area contributed by atoms with Gasteiger partial charge < -0.3 is 24.6 Å². The van der Waals surface area contributed by atoms with Gasteiger partial charge in [0.05, 0.1) is 26.5 Å². The van der Waals surface area contributed by atoms with Crippen molar-refractivity contribution in [2.45, 2.75) is 0 Å². The summed E-state index contributed by atoms with van der Waals surface area (Å²) in [5, 5.41) is 23.0. The predicted molar refractivity (Wildman–Crippen MR) is 90.4 cm³/mol. The fourth-order valence-corrected chi connectivity index (χ4v) is 2.19. The molecule has 1 aliphatic heterocycles. The van der Waals surface area contributed by atoms with Gasteiger partial charge in [0, 0.05) is 24.7 Å². The average Bonchev–Trinajstić information content (AvgIpc) is 2.64. The van der Waals surface area contributed by atoms with Gasteiger partial charge in [-0.15, -0.1) is 0 Å². The minimum Gasteiger partial charge on any atom is -0.508 e. The third-order valence-corrected chi connectivity index (χ3v) is 3.46. The number of rotatable bonds is 5. The molecule has 1 saturated heterocycles. The Morgan fingerprint density at radius 2 is 2.04 bits per heavy atom. The van der Waals surface area contributed by atoms with Crippen molar-refractivity contribution < 1.29 is 19.7 Å². The van der Waals surface area contributed by atoms with Crippen LogP contribution in [0.15, 0.2) is 23.3 Å². The second-order valence-corrected chi connectivity index (χ2v) is 5.16. The number of aromatic nitrogens is 3. The molecular weight excluding hydrogens is 328 g/mol. The number of hydrogen-bond acceptors (Lipinski definition) is 10. The zero-order chi connectivity index (χ0) is 17.6.